The monoisotopic (exact) mass is 690 g/mol. The number of hydrogen-bond donors (Lipinski definition) is 1. The van der Waals surface area contributed by atoms with E-state index in [4.69, 9.17) is 5.73 Å². The number of sulfone groups is 2. The lowest BCUT2D eigenvalue weighted by atomic mass is 9.98. The van der Waals surface area contributed by atoms with Crippen molar-refractivity contribution in [1.82, 2.24) is 0 Å². The Kier molecular flexibility index (Phi) is 13.9. The first-order valence-corrected chi connectivity index (χ1v) is 17.9. The molecule has 0 aromatic heterocycles. The molecule has 0 aliphatic rings. The third-order valence-corrected chi connectivity index (χ3v) is 8.86. The Morgan fingerprint density at radius 1 is 0.652 bits per heavy atom. The van der Waals surface area contributed by atoms with Crippen molar-refractivity contribution < 1.29 is 36.5 Å². The minimum atomic E-state index is -3.90. The number of benzene rings is 2. The Morgan fingerprint density at radius 3 is 1.26 bits per heavy atom. The topological polar surface area (TPSA) is 270 Å². The molecule has 2 aromatic carbocycles. The van der Waals surface area contributed by atoms with Crippen molar-refractivity contribution >= 4 is 53.8 Å². The molecule has 2 N–H and O–H groups in total. The van der Waals surface area contributed by atoms with Crippen LogP contribution in [0, 0.1) is 40.5 Å². The average molecular weight is 691 g/mol. The summed E-state index contributed by atoms with van der Waals surface area (Å²) in [5, 5.41) is 45.4. The largest absolute Gasteiger partial charge is 0.387 e. The number of nitrogens with two attached hydrogens (primary N) is 1. The molecule has 2 aromatic rings. The summed E-state index contributed by atoms with van der Waals surface area (Å²) in [6.07, 6.45) is 4.09. The number of anilines is 2. The SMILES string of the molecule is CCCN(CCC)c1c([N+](=O)[O-])cc(S(C)(=O)=O)cc1[N+](=O)[O-].CCCc1c([N+](=O)[O-])c(N)c([N+](=O)[O-])c(CCC)c1S(C)(=O)=O. The van der Waals surface area contributed by atoms with E-state index in [9.17, 15) is 57.3 Å². The highest BCUT2D eigenvalue weighted by molar-refractivity contribution is 7.91. The van der Waals surface area contributed by atoms with Gasteiger partial charge in [-0.3, -0.25) is 40.5 Å². The molecule has 256 valence electrons. The molecule has 0 amide bonds. The molecule has 0 atom stereocenters. The number of nitrogens with zero attached hydrogens (tertiary/aromatic N) is 5. The molecule has 2 rings (SSSR count). The van der Waals surface area contributed by atoms with Crippen molar-refractivity contribution in [3.05, 3.63) is 63.7 Å². The molecule has 20 heteroatoms. The Labute approximate surface area is 266 Å². The fraction of sp³-hybridized carbons (Fsp3) is 0.538. The average Bonchev–Trinajstić information content (AvgIpc) is 2.91. The number of nitro benzene ring substituents is 4. The van der Waals surface area contributed by atoms with Crippen LogP contribution in [0.25, 0.3) is 0 Å². The maximum absolute atomic E-state index is 12.2. The third-order valence-electron chi connectivity index (χ3n) is 6.53. The maximum Gasteiger partial charge on any atom is 0.303 e. The van der Waals surface area contributed by atoms with Gasteiger partial charge in [-0.15, -0.1) is 0 Å². The number of rotatable bonds is 15. The zero-order valence-corrected chi connectivity index (χ0v) is 28.0. The van der Waals surface area contributed by atoms with Gasteiger partial charge in [-0.05, 0) is 25.7 Å². The summed E-state index contributed by atoms with van der Waals surface area (Å²) in [5.41, 5.74) is 2.36. The molecule has 0 fully saturated rings. The van der Waals surface area contributed by atoms with E-state index >= 15 is 0 Å². The van der Waals surface area contributed by atoms with E-state index in [-0.39, 0.29) is 34.6 Å². The first-order valence-electron chi connectivity index (χ1n) is 14.1. The zero-order valence-electron chi connectivity index (χ0n) is 26.3. The molecule has 0 aliphatic carbocycles. The van der Waals surface area contributed by atoms with Gasteiger partial charge >= 0.3 is 22.7 Å². The van der Waals surface area contributed by atoms with Crippen LogP contribution in [0.3, 0.4) is 0 Å². The van der Waals surface area contributed by atoms with Crippen molar-refractivity contribution in [2.75, 3.05) is 36.2 Å². The van der Waals surface area contributed by atoms with Crippen molar-refractivity contribution in [2.45, 2.75) is 76.0 Å². The van der Waals surface area contributed by atoms with Gasteiger partial charge in [0.1, 0.15) is 0 Å². The van der Waals surface area contributed by atoms with Gasteiger partial charge in [-0.2, -0.15) is 0 Å². The summed E-state index contributed by atoms with van der Waals surface area (Å²) < 4.78 is 47.7. The number of nitro groups is 4. The molecule has 0 unspecified atom stereocenters. The van der Waals surface area contributed by atoms with Crippen molar-refractivity contribution in [3.63, 3.8) is 0 Å². The van der Waals surface area contributed by atoms with Gasteiger partial charge in [0, 0.05) is 37.7 Å². The molecule has 0 aliphatic heterocycles. The van der Waals surface area contributed by atoms with Crippen molar-refractivity contribution in [1.29, 1.82) is 0 Å². The van der Waals surface area contributed by atoms with Gasteiger partial charge in [0.15, 0.2) is 31.0 Å². The van der Waals surface area contributed by atoms with Gasteiger partial charge in [0.05, 0.1) is 40.6 Å². The van der Waals surface area contributed by atoms with Gasteiger partial charge in [-0.25, -0.2) is 16.8 Å². The van der Waals surface area contributed by atoms with Crippen LogP contribution < -0.4 is 10.6 Å². The fourth-order valence-corrected chi connectivity index (χ4v) is 6.88. The lowest BCUT2D eigenvalue weighted by Crippen LogP contribution is -2.26. The van der Waals surface area contributed by atoms with Crippen LogP contribution in [0.1, 0.15) is 64.5 Å². The summed E-state index contributed by atoms with van der Waals surface area (Å²) in [5.74, 6) is 0. The minimum absolute atomic E-state index is 0.0495. The summed E-state index contributed by atoms with van der Waals surface area (Å²) in [6, 6.07) is 1.77. The normalized spacial score (nSPS) is 11.3. The lowest BCUT2D eigenvalue weighted by molar-refractivity contribution is -0.393. The first kappa shape index (κ1) is 39.6. The minimum Gasteiger partial charge on any atom is -0.387 e. The van der Waals surface area contributed by atoms with E-state index in [2.05, 4.69) is 0 Å². The Hall–Kier alpha value is -4.46. The van der Waals surface area contributed by atoms with Crippen LogP contribution in [0.4, 0.5) is 34.1 Å². The van der Waals surface area contributed by atoms with Crippen LogP contribution in [0.15, 0.2) is 21.9 Å². The summed E-state index contributed by atoms with van der Waals surface area (Å²) >= 11 is 0. The number of hydrogen-bond acceptors (Lipinski definition) is 14. The van der Waals surface area contributed by atoms with Gasteiger partial charge in [0.2, 0.25) is 0 Å². The van der Waals surface area contributed by atoms with Gasteiger partial charge in [0.25, 0.3) is 0 Å². The molecule has 0 spiro atoms. The van der Waals surface area contributed by atoms with Crippen LogP contribution in [0.2, 0.25) is 0 Å². The quantitative estimate of drug-likeness (QED) is 0.147. The standard InChI is InChI=1S/2C13H19N3O6S/c1-4-6-14(7-5-2)13-11(15(17)18)8-10(23(3,21)22)9-12(13)16(19)20;1-4-6-8-11(15(17)18)10(14)12(16(19)20)9(7-5-2)13(8)23(3,21)22/h8-9H,4-7H2,1-3H3;4-7,14H2,1-3H3. The van der Waals surface area contributed by atoms with Crippen LogP contribution >= 0.6 is 0 Å². The Morgan fingerprint density at radius 2 is 1.02 bits per heavy atom. The molecule has 0 saturated carbocycles. The van der Waals surface area contributed by atoms with Gasteiger partial charge < -0.3 is 10.6 Å². The Balaban J connectivity index is 0.000000460. The maximum atomic E-state index is 12.2. The van der Waals surface area contributed by atoms with Crippen molar-refractivity contribution in [2.24, 2.45) is 0 Å². The summed E-state index contributed by atoms with van der Waals surface area (Å²) in [6.45, 7) is 7.96. The molecule has 0 heterocycles. The van der Waals surface area contributed by atoms with E-state index in [0.29, 0.717) is 38.8 Å². The fourth-order valence-electron chi connectivity index (χ4n) is 4.93. The van der Waals surface area contributed by atoms with E-state index in [1.54, 1.807) is 18.7 Å². The summed E-state index contributed by atoms with van der Waals surface area (Å²) in [7, 11) is -7.71. The van der Waals surface area contributed by atoms with E-state index in [1.165, 1.54) is 0 Å². The highest BCUT2D eigenvalue weighted by Crippen LogP contribution is 2.44. The summed E-state index contributed by atoms with van der Waals surface area (Å²) in [4.78, 5) is 42.9. The smallest absolute Gasteiger partial charge is 0.303 e. The van der Waals surface area contributed by atoms with E-state index in [0.717, 1.165) is 24.6 Å². The highest BCUT2D eigenvalue weighted by atomic mass is 32.2. The molecule has 0 bridgehead atoms. The molecule has 18 nitrogen and oxygen atoms in total. The van der Waals surface area contributed by atoms with Crippen LogP contribution in [0.5, 0.6) is 0 Å². The second kappa shape index (κ2) is 16.2. The number of nitrogen functional groups attached to an aromatic ring is 1. The third kappa shape index (κ3) is 9.28. The zero-order chi connectivity index (χ0) is 35.7. The Bertz CT molecular complexity index is 1640. The predicted molar refractivity (Wildman–Crippen MR) is 171 cm³/mol. The molecular formula is C26H38N6O12S2. The van der Waals surface area contributed by atoms with E-state index < -0.39 is 72.7 Å². The molecule has 0 radical (unpaired) electrons. The predicted octanol–water partition coefficient (Wildman–Crippen LogP) is 4.93. The van der Waals surface area contributed by atoms with Crippen molar-refractivity contribution in [3.8, 4) is 0 Å². The second-order valence-corrected chi connectivity index (χ2v) is 14.2. The van der Waals surface area contributed by atoms with Crippen LogP contribution in [-0.2, 0) is 32.5 Å². The molecule has 0 saturated heterocycles. The van der Waals surface area contributed by atoms with E-state index in [1.807, 2.05) is 13.8 Å². The first-order chi connectivity index (χ1) is 21.2. The second-order valence-electron chi connectivity index (χ2n) is 10.3. The van der Waals surface area contributed by atoms with Crippen LogP contribution in [-0.4, -0.2) is 62.1 Å². The highest BCUT2D eigenvalue weighted by Gasteiger charge is 2.38. The van der Waals surface area contributed by atoms with Gasteiger partial charge in [-0.1, -0.05) is 40.5 Å². The molecular weight excluding hydrogens is 652 g/mol. The molecule has 46 heavy (non-hydrogen) atoms. The lowest BCUT2D eigenvalue weighted by Gasteiger charge is -2.23.